The number of carbonyl (C=O) groups is 2. The van der Waals surface area contributed by atoms with Gasteiger partial charge in [-0.1, -0.05) is 24.3 Å². The third kappa shape index (κ3) is 3.08. The molecule has 3 atom stereocenters. The highest BCUT2D eigenvalue weighted by atomic mass is 16.2. The van der Waals surface area contributed by atoms with E-state index in [9.17, 15) is 9.59 Å². The molecule has 2 N–H and O–H groups in total. The highest BCUT2D eigenvalue weighted by Crippen LogP contribution is 2.34. The molecule has 3 unspecified atom stereocenters. The van der Waals surface area contributed by atoms with Gasteiger partial charge in [0.25, 0.3) is 0 Å². The molecule has 5 heteroatoms. The molecule has 2 heterocycles. The molecule has 2 amide bonds. The highest BCUT2D eigenvalue weighted by Gasteiger charge is 2.35. The van der Waals surface area contributed by atoms with E-state index in [1.807, 2.05) is 35.2 Å². The van der Waals surface area contributed by atoms with Gasteiger partial charge in [0.2, 0.25) is 11.8 Å². The van der Waals surface area contributed by atoms with Crippen molar-refractivity contribution in [3.8, 4) is 0 Å². The van der Waals surface area contributed by atoms with Crippen molar-refractivity contribution in [3.05, 3.63) is 41.6 Å². The lowest BCUT2D eigenvalue weighted by Crippen LogP contribution is -2.39. The van der Waals surface area contributed by atoms with Crippen molar-refractivity contribution < 1.29 is 9.59 Å². The van der Waals surface area contributed by atoms with Crippen molar-refractivity contribution in [2.24, 2.45) is 11.7 Å². The van der Waals surface area contributed by atoms with E-state index in [4.69, 9.17) is 5.73 Å². The first kappa shape index (κ1) is 16.7. The first-order valence-corrected chi connectivity index (χ1v) is 8.56. The molecular formula is C19H25N3O2. The maximum atomic E-state index is 12.9. The topological polar surface area (TPSA) is 66.6 Å². The second kappa shape index (κ2) is 6.77. The van der Waals surface area contributed by atoms with E-state index in [2.05, 4.69) is 6.92 Å². The smallest absolute Gasteiger partial charge is 0.225 e. The van der Waals surface area contributed by atoms with E-state index in [0.717, 1.165) is 24.1 Å². The van der Waals surface area contributed by atoms with Crippen molar-refractivity contribution in [2.75, 3.05) is 13.1 Å². The lowest BCUT2D eigenvalue weighted by atomic mass is 9.93. The molecule has 0 bridgehead atoms. The lowest BCUT2D eigenvalue weighted by molar-refractivity contribution is -0.135. The van der Waals surface area contributed by atoms with Gasteiger partial charge < -0.3 is 15.5 Å². The fourth-order valence-electron chi connectivity index (χ4n) is 3.86. The summed E-state index contributed by atoms with van der Waals surface area (Å²) in [6.45, 7) is 4.95. The zero-order chi connectivity index (χ0) is 17.3. The number of nitrogens with zero attached hydrogens (tertiary/aromatic N) is 2. The van der Waals surface area contributed by atoms with E-state index >= 15 is 0 Å². The summed E-state index contributed by atoms with van der Waals surface area (Å²) in [6.07, 6.45) is 4.99. The van der Waals surface area contributed by atoms with Gasteiger partial charge in [-0.25, -0.2) is 0 Å². The molecule has 0 spiro atoms. The van der Waals surface area contributed by atoms with E-state index in [1.165, 1.54) is 0 Å². The van der Waals surface area contributed by atoms with Crippen LogP contribution in [0.3, 0.4) is 0 Å². The van der Waals surface area contributed by atoms with Gasteiger partial charge in [-0.2, -0.15) is 0 Å². The van der Waals surface area contributed by atoms with Crippen molar-refractivity contribution in [1.29, 1.82) is 0 Å². The maximum absolute atomic E-state index is 12.9. The molecule has 2 aliphatic heterocycles. The summed E-state index contributed by atoms with van der Waals surface area (Å²) in [5, 5.41) is 0. The number of nitrogens with two attached hydrogens (primary N) is 1. The maximum Gasteiger partial charge on any atom is 0.225 e. The van der Waals surface area contributed by atoms with Crippen LogP contribution in [-0.4, -0.2) is 40.7 Å². The molecule has 5 nitrogen and oxygen atoms in total. The van der Waals surface area contributed by atoms with Crippen LogP contribution >= 0.6 is 0 Å². The molecule has 0 aromatic heterocycles. The molecule has 1 aromatic rings. The SMILES string of the molecule is CC(=O)N1C=Cc2ccccc2C1CC(=O)N1CC(CN)CC1C. The average Bonchev–Trinajstić information content (AvgIpc) is 2.96. The van der Waals surface area contributed by atoms with E-state index < -0.39 is 0 Å². The first-order valence-electron chi connectivity index (χ1n) is 8.56. The highest BCUT2D eigenvalue weighted by molar-refractivity contribution is 5.82. The Bertz CT molecular complexity index is 670. The van der Waals surface area contributed by atoms with Gasteiger partial charge in [-0.05, 0) is 43.0 Å². The number of carbonyl (C=O) groups excluding carboxylic acids is 2. The Morgan fingerprint density at radius 3 is 2.71 bits per heavy atom. The van der Waals surface area contributed by atoms with Gasteiger partial charge in [0.1, 0.15) is 0 Å². The summed E-state index contributed by atoms with van der Waals surface area (Å²) < 4.78 is 0. The Morgan fingerprint density at radius 2 is 2.04 bits per heavy atom. The number of hydrogen-bond acceptors (Lipinski definition) is 3. The number of amides is 2. The molecule has 2 aliphatic rings. The number of fused-ring (bicyclic) bond motifs is 1. The summed E-state index contributed by atoms with van der Waals surface area (Å²) in [5.41, 5.74) is 7.87. The average molecular weight is 327 g/mol. The largest absolute Gasteiger partial charge is 0.340 e. The molecule has 1 aromatic carbocycles. The molecule has 24 heavy (non-hydrogen) atoms. The summed E-state index contributed by atoms with van der Waals surface area (Å²) in [6, 6.07) is 7.93. The number of likely N-dealkylation sites (tertiary alicyclic amines) is 1. The second-order valence-corrected chi connectivity index (χ2v) is 6.82. The second-order valence-electron chi connectivity index (χ2n) is 6.82. The summed E-state index contributed by atoms with van der Waals surface area (Å²) in [7, 11) is 0. The molecule has 1 saturated heterocycles. The standard InChI is InChI=1S/C19H25N3O2/c1-13-9-15(11-20)12-22(13)19(24)10-18-17-6-4-3-5-16(17)7-8-21(18)14(2)23/h3-8,13,15,18H,9-12,20H2,1-2H3. The van der Waals surface area contributed by atoms with Crippen LogP contribution in [0.25, 0.3) is 6.08 Å². The Morgan fingerprint density at radius 1 is 1.29 bits per heavy atom. The fourth-order valence-corrected chi connectivity index (χ4v) is 3.86. The monoisotopic (exact) mass is 327 g/mol. The zero-order valence-electron chi connectivity index (χ0n) is 14.3. The van der Waals surface area contributed by atoms with Crippen molar-refractivity contribution in [3.63, 3.8) is 0 Å². The van der Waals surface area contributed by atoms with Crippen LogP contribution < -0.4 is 5.73 Å². The van der Waals surface area contributed by atoms with Crippen LogP contribution in [0.4, 0.5) is 0 Å². The Kier molecular flexibility index (Phi) is 4.71. The first-order chi connectivity index (χ1) is 11.5. The van der Waals surface area contributed by atoms with Crippen LogP contribution in [-0.2, 0) is 9.59 Å². The van der Waals surface area contributed by atoms with Crippen LogP contribution in [0.2, 0.25) is 0 Å². The van der Waals surface area contributed by atoms with Gasteiger partial charge >= 0.3 is 0 Å². The molecule has 0 saturated carbocycles. The Labute approximate surface area is 143 Å². The Balaban J connectivity index is 1.82. The normalized spacial score (nSPS) is 25.7. The van der Waals surface area contributed by atoms with Crippen LogP contribution in [0, 0.1) is 5.92 Å². The van der Waals surface area contributed by atoms with Crippen molar-refractivity contribution >= 4 is 17.9 Å². The molecule has 3 rings (SSSR count). The summed E-state index contributed by atoms with van der Waals surface area (Å²) in [4.78, 5) is 28.5. The van der Waals surface area contributed by atoms with Crippen molar-refractivity contribution in [1.82, 2.24) is 9.80 Å². The number of hydrogen-bond donors (Lipinski definition) is 1. The molecule has 0 radical (unpaired) electrons. The van der Waals surface area contributed by atoms with Gasteiger partial charge in [0.05, 0.1) is 12.5 Å². The van der Waals surface area contributed by atoms with E-state index in [0.29, 0.717) is 18.9 Å². The number of rotatable bonds is 3. The molecule has 0 aliphatic carbocycles. The zero-order valence-corrected chi connectivity index (χ0v) is 14.3. The van der Waals surface area contributed by atoms with Crippen LogP contribution in [0.15, 0.2) is 30.5 Å². The van der Waals surface area contributed by atoms with Crippen LogP contribution in [0.5, 0.6) is 0 Å². The van der Waals surface area contributed by atoms with Gasteiger partial charge in [0, 0.05) is 25.7 Å². The fraction of sp³-hybridized carbons (Fsp3) is 0.474. The minimum atomic E-state index is -0.236. The summed E-state index contributed by atoms with van der Waals surface area (Å²) >= 11 is 0. The van der Waals surface area contributed by atoms with E-state index in [1.54, 1.807) is 18.0 Å². The van der Waals surface area contributed by atoms with Gasteiger partial charge in [0.15, 0.2) is 0 Å². The minimum absolute atomic E-state index is 0.0483. The Hall–Kier alpha value is -2.14. The molecule has 128 valence electrons. The predicted molar refractivity (Wildman–Crippen MR) is 93.7 cm³/mol. The lowest BCUT2D eigenvalue weighted by Gasteiger charge is -2.34. The predicted octanol–water partition coefficient (Wildman–Crippen LogP) is 2.15. The number of benzene rings is 1. The minimum Gasteiger partial charge on any atom is -0.340 e. The quantitative estimate of drug-likeness (QED) is 0.925. The third-order valence-electron chi connectivity index (χ3n) is 5.15. The van der Waals surface area contributed by atoms with Gasteiger partial charge in [-0.3, -0.25) is 9.59 Å². The van der Waals surface area contributed by atoms with Gasteiger partial charge in [-0.15, -0.1) is 0 Å². The molecular weight excluding hydrogens is 302 g/mol. The van der Waals surface area contributed by atoms with E-state index in [-0.39, 0.29) is 23.9 Å². The van der Waals surface area contributed by atoms with Crippen molar-refractivity contribution in [2.45, 2.75) is 38.8 Å². The summed E-state index contributed by atoms with van der Waals surface area (Å²) in [5.74, 6) is 0.430. The molecule has 1 fully saturated rings. The third-order valence-corrected chi connectivity index (χ3v) is 5.15. The van der Waals surface area contributed by atoms with Crippen LogP contribution in [0.1, 0.15) is 43.9 Å².